The van der Waals surface area contributed by atoms with Gasteiger partial charge >= 0.3 is 0 Å². The maximum Gasteiger partial charge on any atom is 0.231 e. The van der Waals surface area contributed by atoms with Gasteiger partial charge in [0.15, 0.2) is 5.11 Å². The number of thiocarbonyl (C=S) groups is 1. The van der Waals surface area contributed by atoms with Gasteiger partial charge in [-0.25, -0.2) is 0 Å². The molecule has 0 aliphatic carbocycles. The molecule has 3 nitrogen and oxygen atoms in total. The minimum absolute atomic E-state index is 0.0888. The molecule has 0 aliphatic rings. The Morgan fingerprint density at radius 2 is 2.08 bits per heavy atom. The van der Waals surface area contributed by atoms with Crippen molar-refractivity contribution in [2.45, 2.75) is 20.8 Å². The molecule has 0 aliphatic heterocycles. The average molecular weight is 200 g/mol. The zero-order chi connectivity index (χ0) is 10.5. The van der Waals surface area contributed by atoms with Crippen molar-refractivity contribution >= 4 is 23.2 Å². The van der Waals surface area contributed by atoms with E-state index in [1.165, 1.54) is 0 Å². The number of carbonyl (C=O) groups excluding carboxylic acids is 1. The predicted octanol–water partition coefficient (Wildman–Crippen LogP) is 1.21. The molecule has 0 rings (SSSR count). The van der Waals surface area contributed by atoms with Gasteiger partial charge in [0.25, 0.3) is 0 Å². The normalized spacial score (nSPS) is 10.4. The fraction of sp³-hybridized carbons (Fsp3) is 0.556. The van der Waals surface area contributed by atoms with Gasteiger partial charge in [0.1, 0.15) is 0 Å². The first kappa shape index (κ1) is 12.1. The molecule has 0 atom stereocenters. The second-order valence-electron chi connectivity index (χ2n) is 3.70. The van der Waals surface area contributed by atoms with E-state index < -0.39 is 5.41 Å². The van der Waals surface area contributed by atoms with Crippen molar-refractivity contribution in [2.24, 2.45) is 5.41 Å². The van der Waals surface area contributed by atoms with E-state index in [-0.39, 0.29) is 5.91 Å². The maximum absolute atomic E-state index is 11.4. The Bertz CT molecular complexity index is 218. The van der Waals surface area contributed by atoms with E-state index in [0.717, 1.165) is 0 Å². The molecule has 0 radical (unpaired) electrons. The molecule has 0 saturated heterocycles. The second-order valence-corrected chi connectivity index (χ2v) is 4.11. The summed E-state index contributed by atoms with van der Waals surface area (Å²) >= 11 is 4.87. The van der Waals surface area contributed by atoms with Crippen LogP contribution in [-0.4, -0.2) is 17.6 Å². The standard InChI is InChI=1S/C9H16N2OS/c1-5-6-10-8(13)11-7(12)9(2,3)4/h5H,1,6H2,2-4H3,(H2,10,11,12,13). The maximum atomic E-state index is 11.4. The zero-order valence-corrected chi connectivity index (χ0v) is 9.12. The van der Waals surface area contributed by atoms with Gasteiger partial charge in [-0.2, -0.15) is 0 Å². The molecular weight excluding hydrogens is 184 g/mol. The first-order valence-electron chi connectivity index (χ1n) is 4.08. The third-order valence-corrected chi connectivity index (χ3v) is 1.56. The van der Waals surface area contributed by atoms with Crippen LogP contribution in [0.25, 0.3) is 0 Å². The van der Waals surface area contributed by atoms with Gasteiger partial charge in [0, 0.05) is 12.0 Å². The molecule has 0 spiro atoms. The average Bonchev–Trinajstić information content (AvgIpc) is 1.99. The molecule has 0 saturated carbocycles. The topological polar surface area (TPSA) is 41.1 Å². The minimum Gasteiger partial charge on any atom is -0.359 e. The van der Waals surface area contributed by atoms with Crippen molar-refractivity contribution in [1.82, 2.24) is 10.6 Å². The number of hydrogen-bond donors (Lipinski definition) is 2. The molecule has 4 heteroatoms. The Morgan fingerprint density at radius 3 is 2.46 bits per heavy atom. The monoisotopic (exact) mass is 200 g/mol. The highest BCUT2D eigenvalue weighted by Crippen LogP contribution is 2.11. The first-order valence-corrected chi connectivity index (χ1v) is 4.49. The molecule has 2 N–H and O–H groups in total. The van der Waals surface area contributed by atoms with Gasteiger partial charge in [-0.15, -0.1) is 6.58 Å². The van der Waals surface area contributed by atoms with Crippen molar-refractivity contribution in [3.05, 3.63) is 12.7 Å². The van der Waals surface area contributed by atoms with E-state index in [4.69, 9.17) is 12.2 Å². The van der Waals surface area contributed by atoms with Crippen LogP contribution in [0.4, 0.5) is 0 Å². The lowest BCUT2D eigenvalue weighted by molar-refractivity contribution is -0.126. The highest BCUT2D eigenvalue weighted by molar-refractivity contribution is 7.80. The summed E-state index contributed by atoms with van der Waals surface area (Å²) < 4.78 is 0. The summed E-state index contributed by atoms with van der Waals surface area (Å²) in [5.74, 6) is -0.0888. The number of hydrogen-bond acceptors (Lipinski definition) is 2. The van der Waals surface area contributed by atoms with E-state index in [9.17, 15) is 4.79 Å². The Morgan fingerprint density at radius 1 is 1.54 bits per heavy atom. The lowest BCUT2D eigenvalue weighted by atomic mass is 9.96. The highest BCUT2D eigenvalue weighted by Gasteiger charge is 2.21. The van der Waals surface area contributed by atoms with Gasteiger partial charge in [-0.05, 0) is 12.2 Å². The van der Waals surface area contributed by atoms with E-state index in [1.807, 2.05) is 20.8 Å². The molecule has 0 heterocycles. The number of nitrogens with one attached hydrogen (secondary N) is 2. The Hall–Kier alpha value is -0.900. The lowest BCUT2D eigenvalue weighted by Gasteiger charge is -2.18. The molecular formula is C9H16N2OS. The summed E-state index contributed by atoms with van der Waals surface area (Å²) in [6.07, 6.45) is 1.68. The van der Waals surface area contributed by atoms with E-state index in [1.54, 1.807) is 6.08 Å². The SMILES string of the molecule is C=CCNC(=S)NC(=O)C(C)(C)C. The fourth-order valence-electron chi connectivity index (χ4n) is 0.500. The van der Waals surface area contributed by atoms with Crippen LogP contribution < -0.4 is 10.6 Å². The summed E-state index contributed by atoms with van der Waals surface area (Å²) in [6, 6.07) is 0. The summed E-state index contributed by atoms with van der Waals surface area (Å²) in [4.78, 5) is 11.4. The number of amides is 1. The summed E-state index contributed by atoms with van der Waals surface area (Å²) in [7, 11) is 0. The van der Waals surface area contributed by atoms with E-state index >= 15 is 0 Å². The summed E-state index contributed by atoms with van der Waals surface area (Å²) in [6.45, 7) is 9.58. The van der Waals surface area contributed by atoms with Crippen molar-refractivity contribution in [2.75, 3.05) is 6.54 Å². The Kier molecular flexibility index (Phi) is 4.62. The largest absolute Gasteiger partial charge is 0.359 e. The number of rotatable bonds is 2. The molecule has 0 aromatic carbocycles. The number of carbonyl (C=O) groups is 1. The van der Waals surface area contributed by atoms with Crippen LogP contribution in [-0.2, 0) is 4.79 Å². The molecule has 0 aromatic heterocycles. The summed E-state index contributed by atoms with van der Waals surface area (Å²) in [5, 5.41) is 5.75. The lowest BCUT2D eigenvalue weighted by Crippen LogP contribution is -2.44. The smallest absolute Gasteiger partial charge is 0.231 e. The van der Waals surface area contributed by atoms with Crippen molar-refractivity contribution < 1.29 is 4.79 Å². The molecule has 0 bridgehead atoms. The predicted molar refractivity (Wildman–Crippen MR) is 58.4 cm³/mol. The van der Waals surface area contributed by atoms with Crippen LogP contribution in [0.2, 0.25) is 0 Å². The van der Waals surface area contributed by atoms with Crippen molar-refractivity contribution in [3.8, 4) is 0 Å². The molecule has 1 amide bonds. The van der Waals surface area contributed by atoms with Gasteiger partial charge in [0.2, 0.25) is 5.91 Å². The van der Waals surface area contributed by atoms with E-state index in [0.29, 0.717) is 11.7 Å². The Balaban J connectivity index is 3.93. The van der Waals surface area contributed by atoms with Gasteiger partial charge in [-0.1, -0.05) is 26.8 Å². The Labute approximate surface area is 84.6 Å². The van der Waals surface area contributed by atoms with Crippen LogP contribution in [0, 0.1) is 5.41 Å². The van der Waals surface area contributed by atoms with Crippen LogP contribution >= 0.6 is 12.2 Å². The van der Waals surface area contributed by atoms with E-state index in [2.05, 4.69) is 17.2 Å². The molecule has 0 fully saturated rings. The summed E-state index contributed by atoms with van der Waals surface area (Å²) in [5.41, 5.74) is -0.417. The molecule has 0 unspecified atom stereocenters. The third-order valence-electron chi connectivity index (χ3n) is 1.32. The van der Waals surface area contributed by atoms with Gasteiger partial charge in [-0.3, -0.25) is 4.79 Å². The van der Waals surface area contributed by atoms with Gasteiger partial charge in [0.05, 0.1) is 0 Å². The van der Waals surface area contributed by atoms with Crippen LogP contribution in [0.5, 0.6) is 0 Å². The van der Waals surface area contributed by atoms with Crippen LogP contribution in [0.15, 0.2) is 12.7 Å². The fourth-order valence-corrected chi connectivity index (χ4v) is 0.676. The third kappa shape index (κ3) is 5.36. The van der Waals surface area contributed by atoms with Crippen molar-refractivity contribution in [3.63, 3.8) is 0 Å². The van der Waals surface area contributed by atoms with Crippen LogP contribution in [0.3, 0.4) is 0 Å². The minimum atomic E-state index is -0.417. The molecule has 13 heavy (non-hydrogen) atoms. The van der Waals surface area contributed by atoms with Crippen LogP contribution in [0.1, 0.15) is 20.8 Å². The molecule has 0 aromatic rings. The quantitative estimate of drug-likeness (QED) is 0.520. The molecule has 74 valence electrons. The van der Waals surface area contributed by atoms with Gasteiger partial charge < -0.3 is 10.6 Å². The highest BCUT2D eigenvalue weighted by atomic mass is 32.1. The van der Waals surface area contributed by atoms with Crippen molar-refractivity contribution in [1.29, 1.82) is 0 Å². The first-order chi connectivity index (χ1) is 5.88. The zero-order valence-electron chi connectivity index (χ0n) is 8.31. The second kappa shape index (κ2) is 4.97.